The Hall–Kier alpha value is -0.610. The van der Waals surface area contributed by atoms with Crippen molar-refractivity contribution >= 4 is 16.5 Å². The average Bonchev–Trinajstić information content (AvgIpc) is 2.89. The second-order valence-electron chi connectivity index (χ2n) is 4.02. The van der Waals surface area contributed by atoms with E-state index in [9.17, 15) is 0 Å². The van der Waals surface area contributed by atoms with Crippen molar-refractivity contribution in [1.82, 2.24) is 4.98 Å². The monoisotopic (exact) mass is 211 g/mol. The van der Waals surface area contributed by atoms with Gasteiger partial charge in [-0.05, 0) is 26.3 Å². The summed E-state index contributed by atoms with van der Waals surface area (Å²) < 4.78 is 0. The summed E-state index contributed by atoms with van der Waals surface area (Å²) in [4.78, 5) is 5.84. The summed E-state index contributed by atoms with van der Waals surface area (Å²) in [7, 11) is 0. The molecule has 3 N–H and O–H groups in total. The SMILES string of the molecule is Cc1nc(NC2CC2)sc1C(C)CN. The maximum atomic E-state index is 5.65. The fourth-order valence-electron chi connectivity index (χ4n) is 1.44. The number of nitrogens with zero attached hydrogens (tertiary/aromatic N) is 1. The zero-order valence-corrected chi connectivity index (χ0v) is 9.53. The summed E-state index contributed by atoms with van der Waals surface area (Å²) in [6.45, 7) is 4.92. The molecule has 1 aliphatic carbocycles. The number of hydrogen-bond acceptors (Lipinski definition) is 4. The molecule has 0 saturated heterocycles. The van der Waals surface area contributed by atoms with E-state index in [0.717, 1.165) is 10.8 Å². The largest absolute Gasteiger partial charge is 0.359 e. The van der Waals surface area contributed by atoms with Crippen molar-refractivity contribution in [2.24, 2.45) is 5.73 Å². The van der Waals surface area contributed by atoms with Gasteiger partial charge in [0.25, 0.3) is 0 Å². The minimum Gasteiger partial charge on any atom is -0.359 e. The predicted octanol–water partition coefficient (Wildman–Crippen LogP) is 2.09. The van der Waals surface area contributed by atoms with Gasteiger partial charge < -0.3 is 11.1 Å². The molecule has 1 aromatic heterocycles. The first kappa shape index (κ1) is 9.93. The fraction of sp³-hybridized carbons (Fsp3) is 0.700. The van der Waals surface area contributed by atoms with Crippen LogP contribution in [0.3, 0.4) is 0 Å². The number of anilines is 1. The lowest BCUT2D eigenvalue weighted by molar-refractivity contribution is 0.780. The number of thiazole rings is 1. The van der Waals surface area contributed by atoms with Crippen molar-refractivity contribution in [3.63, 3.8) is 0 Å². The third-order valence-electron chi connectivity index (χ3n) is 2.54. The number of hydrogen-bond donors (Lipinski definition) is 2. The minimum atomic E-state index is 0.433. The predicted molar refractivity (Wildman–Crippen MR) is 61.0 cm³/mol. The van der Waals surface area contributed by atoms with E-state index in [2.05, 4.69) is 24.1 Å². The Labute approximate surface area is 88.7 Å². The molecule has 1 aliphatic rings. The maximum absolute atomic E-state index is 5.65. The molecule has 1 aromatic rings. The topological polar surface area (TPSA) is 50.9 Å². The Balaban J connectivity index is 2.11. The number of rotatable bonds is 4. The van der Waals surface area contributed by atoms with E-state index < -0.39 is 0 Å². The highest BCUT2D eigenvalue weighted by atomic mass is 32.1. The summed E-state index contributed by atoms with van der Waals surface area (Å²) in [6, 6.07) is 0.682. The molecule has 0 radical (unpaired) electrons. The summed E-state index contributed by atoms with van der Waals surface area (Å²) in [6.07, 6.45) is 2.58. The quantitative estimate of drug-likeness (QED) is 0.801. The highest BCUT2D eigenvalue weighted by Gasteiger charge is 2.23. The molecule has 2 rings (SSSR count). The van der Waals surface area contributed by atoms with Crippen LogP contribution < -0.4 is 11.1 Å². The normalized spacial score (nSPS) is 18.2. The molecule has 4 heteroatoms. The van der Waals surface area contributed by atoms with Gasteiger partial charge in [-0.25, -0.2) is 4.98 Å². The van der Waals surface area contributed by atoms with Crippen molar-refractivity contribution in [1.29, 1.82) is 0 Å². The Bertz CT molecular complexity index is 317. The summed E-state index contributed by atoms with van der Waals surface area (Å²) in [5, 5.41) is 4.49. The van der Waals surface area contributed by atoms with Crippen LogP contribution in [0, 0.1) is 6.92 Å². The summed E-state index contributed by atoms with van der Waals surface area (Å²) >= 11 is 1.76. The lowest BCUT2D eigenvalue weighted by Gasteiger charge is -2.04. The average molecular weight is 211 g/mol. The molecule has 1 atom stereocenters. The van der Waals surface area contributed by atoms with Crippen molar-refractivity contribution < 1.29 is 0 Å². The molecule has 1 saturated carbocycles. The lowest BCUT2D eigenvalue weighted by atomic mass is 10.1. The van der Waals surface area contributed by atoms with Crippen LogP contribution in [0.1, 0.15) is 36.3 Å². The van der Waals surface area contributed by atoms with Gasteiger partial charge in [-0.15, -0.1) is 11.3 Å². The third-order valence-corrected chi connectivity index (χ3v) is 3.86. The molecule has 1 fully saturated rings. The molecular weight excluding hydrogens is 194 g/mol. The van der Waals surface area contributed by atoms with Crippen molar-refractivity contribution in [3.05, 3.63) is 10.6 Å². The van der Waals surface area contributed by atoms with Gasteiger partial charge in [-0.2, -0.15) is 0 Å². The van der Waals surface area contributed by atoms with Crippen LogP contribution >= 0.6 is 11.3 Å². The third kappa shape index (κ3) is 2.07. The number of aromatic nitrogens is 1. The van der Waals surface area contributed by atoms with E-state index in [1.165, 1.54) is 17.7 Å². The van der Waals surface area contributed by atoms with Gasteiger partial charge in [0, 0.05) is 16.8 Å². The first-order valence-corrected chi connectivity index (χ1v) is 5.96. The van der Waals surface area contributed by atoms with E-state index >= 15 is 0 Å². The molecule has 3 nitrogen and oxygen atoms in total. The first-order chi connectivity index (χ1) is 6.70. The molecule has 0 spiro atoms. The Morgan fingerprint density at radius 3 is 2.93 bits per heavy atom. The van der Waals surface area contributed by atoms with E-state index in [0.29, 0.717) is 18.5 Å². The van der Waals surface area contributed by atoms with Crippen molar-refractivity contribution in [2.75, 3.05) is 11.9 Å². The molecular formula is C10H17N3S. The Morgan fingerprint density at radius 2 is 2.36 bits per heavy atom. The zero-order valence-electron chi connectivity index (χ0n) is 8.71. The van der Waals surface area contributed by atoms with Crippen molar-refractivity contribution in [3.8, 4) is 0 Å². The first-order valence-electron chi connectivity index (χ1n) is 5.14. The maximum Gasteiger partial charge on any atom is 0.183 e. The summed E-state index contributed by atoms with van der Waals surface area (Å²) in [5.41, 5.74) is 6.79. The van der Waals surface area contributed by atoms with Crippen LogP contribution in [0.4, 0.5) is 5.13 Å². The van der Waals surface area contributed by atoms with Crippen LogP contribution in [-0.2, 0) is 0 Å². The van der Waals surface area contributed by atoms with Gasteiger partial charge >= 0.3 is 0 Å². The molecule has 14 heavy (non-hydrogen) atoms. The van der Waals surface area contributed by atoms with Crippen LogP contribution in [-0.4, -0.2) is 17.6 Å². The Kier molecular flexibility index (Phi) is 2.74. The van der Waals surface area contributed by atoms with Gasteiger partial charge in [-0.1, -0.05) is 6.92 Å². The molecule has 1 unspecified atom stereocenters. The van der Waals surface area contributed by atoms with Gasteiger partial charge in [-0.3, -0.25) is 0 Å². The van der Waals surface area contributed by atoms with Gasteiger partial charge in [0.15, 0.2) is 5.13 Å². The lowest BCUT2D eigenvalue weighted by Crippen LogP contribution is -2.08. The standard InChI is InChI=1S/C10H17N3S/c1-6(5-11)9-7(2)12-10(14-9)13-8-3-4-8/h6,8H,3-5,11H2,1-2H3,(H,12,13). The van der Waals surface area contributed by atoms with Crippen LogP contribution in [0.5, 0.6) is 0 Å². The highest BCUT2D eigenvalue weighted by molar-refractivity contribution is 7.15. The van der Waals surface area contributed by atoms with E-state index in [4.69, 9.17) is 5.73 Å². The van der Waals surface area contributed by atoms with Crippen LogP contribution in [0.2, 0.25) is 0 Å². The highest BCUT2D eigenvalue weighted by Crippen LogP contribution is 2.32. The molecule has 0 aromatic carbocycles. The smallest absolute Gasteiger partial charge is 0.183 e. The number of nitrogens with two attached hydrogens (primary N) is 1. The number of aryl methyl sites for hydroxylation is 1. The Morgan fingerprint density at radius 1 is 1.64 bits per heavy atom. The molecule has 0 bridgehead atoms. The second kappa shape index (κ2) is 3.87. The van der Waals surface area contributed by atoms with Gasteiger partial charge in [0.2, 0.25) is 0 Å². The van der Waals surface area contributed by atoms with Gasteiger partial charge in [0.05, 0.1) is 5.69 Å². The van der Waals surface area contributed by atoms with E-state index in [-0.39, 0.29) is 0 Å². The molecule has 1 heterocycles. The molecule has 78 valence electrons. The second-order valence-corrected chi connectivity index (χ2v) is 5.05. The molecule has 0 amide bonds. The fourth-order valence-corrected chi connectivity index (χ4v) is 2.54. The summed E-state index contributed by atoms with van der Waals surface area (Å²) in [5.74, 6) is 0.433. The van der Waals surface area contributed by atoms with E-state index in [1.54, 1.807) is 11.3 Å². The van der Waals surface area contributed by atoms with Crippen LogP contribution in [0.25, 0.3) is 0 Å². The van der Waals surface area contributed by atoms with Crippen LogP contribution in [0.15, 0.2) is 0 Å². The molecule has 0 aliphatic heterocycles. The van der Waals surface area contributed by atoms with Gasteiger partial charge in [0.1, 0.15) is 0 Å². The van der Waals surface area contributed by atoms with Crippen molar-refractivity contribution in [2.45, 2.75) is 38.6 Å². The van der Waals surface area contributed by atoms with E-state index in [1.807, 2.05) is 0 Å². The minimum absolute atomic E-state index is 0.433. The zero-order chi connectivity index (χ0) is 10.1. The number of nitrogens with one attached hydrogen (secondary N) is 1.